The van der Waals surface area contributed by atoms with Crippen molar-refractivity contribution in [3.8, 4) is 17.0 Å². The van der Waals surface area contributed by atoms with Crippen LogP contribution in [-0.4, -0.2) is 24.3 Å². The highest BCUT2D eigenvalue weighted by Crippen LogP contribution is 2.36. The first-order valence-electron chi connectivity index (χ1n) is 13.0. The fourth-order valence-corrected chi connectivity index (χ4v) is 4.81. The van der Waals surface area contributed by atoms with E-state index in [1.165, 1.54) is 5.56 Å². The molecule has 0 saturated heterocycles. The third kappa shape index (κ3) is 5.79. The Morgan fingerprint density at radius 1 is 0.789 bits per heavy atom. The standard InChI is InChI=1S/C33H32F2N2O/c1-24-7-5-6-10-29(24)33-32(35)30-21-28(38-23-27-8-3-2-4-9-27)15-16-31(30)37(33)22-26-13-11-25(12-14-26)17-19-36-20-18-34/h2-16,21,36H,17-20,22-23H2,1H3. The summed E-state index contributed by atoms with van der Waals surface area (Å²) in [6.45, 7) is 3.73. The molecule has 0 bridgehead atoms. The molecule has 0 spiro atoms. The van der Waals surface area contributed by atoms with Crippen molar-refractivity contribution >= 4 is 10.9 Å². The second-order valence-electron chi connectivity index (χ2n) is 9.52. The lowest BCUT2D eigenvalue weighted by Gasteiger charge is -2.14. The van der Waals surface area contributed by atoms with E-state index in [0.29, 0.717) is 36.5 Å². The molecule has 1 heterocycles. The molecule has 5 rings (SSSR count). The molecule has 0 aliphatic heterocycles. The zero-order chi connectivity index (χ0) is 26.3. The number of hydrogen-bond acceptors (Lipinski definition) is 2. The molecule has 0 amide bonds. The van der Waals surface area contributed by atoms with E-state index in [4.69, 9.17) is 4.74 Å². The summed E-state index contributed by atoms with van der Waals surface area (Å²) in [6, 6.07) is 31.9. The van der Waals surface area contributed by atoms with Gasteiger partial charge in [-0.15, -0.1) is 0 Å². The maximum Gasteiger partial charge on any atom is 0.156 e. The molecule has 5 heteroatoms. The lowest BCUT2D eigenvalue weighted by molar-refractivity contribution is 0.306. The highest BCUT2D eigenvalue weighted by molar-refractivity contribution is 5.89. The van der Waals surface area contributed by atoms with Crippen LogP contribution in [0.2, 0.25) is 0 Å². The first-order valence-corrected chi connectivity index (χ1v) is 13.0. The predicted molar refractivity (Wildman–Crippen MR) is 151 cm³/mol. The summed E-state index contributed by atoms with van der Waals surface area (Å²) in [5, 5.41) is 3.63. The smallest absolute Gasteiger partial charge is 0.156 e. The summed E-state index contributed by atoms with van der Waals surface area (Å²) < 4.78 is 36.5. The maximum absolute atomic E-state index is 16.2. The van der Waals surface area contributed by atoms with Gasteiger partial charge in [-0.2, -0.15) is 0 Å². The van der Waals surface area contributed by atoms with Crippen LogP contribution in [0.25, 0.3) is 22.2 Å². The van der Waals surface area contributed by atoms with Crippen LogP contribution in [0.1, 0.15) is 22.3 Å². The number of ether oxygens (including phenoxy) is 1. The molecule has 0 aliphatic rings. The van der Waals surface area contributed by atoms with Crippen molar-refractivity contribution in [1.29, 1.82) is 0 Å². The van der Waals surface area contributed by atoms with Crippen LogP contribution in [-0.2, 0) is 19.6 Å². The van der Waals surface area contributed by atoms with Crippen molar-refractivity contribution in [2.75, 3.05) is 19.8 Å². The normalized spacial score (nSPS) is 11.2. The van der Waals surface area contributed by atoms with Crippen molar-refractivity contribution in [2.24, 2.45) is 0 Å². The van der Waals surface area contributed by atoms with E-state index >= 15 is 4.39 Å². The molecule has 1 N–H and O–H groups in total. The molecule has 4 aromatic carbocycles. The molecule has 0 atom stereocenters. The number of aryl methyl sites for hydroxylation is 1. The molecule has 0 fully saturated rings. The molecule has 1 aromatic heterocycles. The molecule has 0 unspecified atom stereocenters. The fraction of sp³-hybridized carbons (Fsp3) is 0.212. The summed E-state index contributed by atoms with van der Waals surface area (Å²) in [5.41, 5.74) is 6.64. The molecule has 0 aliphatic carbocycles. The fourth-order valence-electron chi connectivity index (χ4n) is 4.81. The van der Waals surface area contributed by atoms with E-state index < -0.39 is 0 Å². The summed E-state index contributed by atoms with van der Waals surface area (Å²) >= 11 is 0. The van der Waals surface area contributed by atoms with E-state index in [2.05, 4.69) is 34.1 Å². The second kappa shape index (κ2) is 12.1. The van der Waals surface area contributed by atoms with Gasteiger partial charge >= 0.3 is 0 Å². The largest absolute Gasteiger partial charge is 0.489 e. The average Bonchev–Trinajstić information content (AvgIpc) is 3.22. The van der Waals surface area contributed by atoms with Crippen molar-refractivity contribution in [3.63, 3.8) is 0 Å². The quantitative estimate of drug-likeness (QED) is 0.186. The van der Waals surface area contributed by atoms with Gasteiger partial charge in [0.1, 0.15) is 19.0 Å². The maximum atomic E-state index is 16.2. The number of nitrogens with zero attached hydrogens (tertiary/aromatic N) is 1. The first kappa shape index (κ1) is 25.7. The Balaban J connectivity index is 1.47. The van der Waals surface area contributed by atoms with Gasteiger partial charge in [-0.3, -0.25) is 0 Å². The Hall–Kier alpha value is -3.96. The first-order chi connectivity index (χ1) is 18.6. The molecular formula is C33H32F2N2O. The van der Waals surface area contributed by atoms with Gasteiger partial charge in [0.2, 0.25) is 0 Å². The topological polar surface area (TPSA) is 26.2 Å². The van der Waals surface area contributed by atoms with Gasteiger partial charge in [-0.25, -0.2) is 8.78 Å². The third-order valence-electron chi connectivity index (χ3n) is 6.85. The van der Waals surface area contributed by atoms with E-state index in [-0.39, 0.29) is 12.5 Å². The lowest BCUT2D eigenvalue weighted by Crippen LogP contribution is -2.19. The van der Waals surface area contributed by atoms with Gasteiger partial charge in [0, 0.05) is 24.0 Å². The number of nitrogens with one attached hydrogen (secondary N) is 1. The Labute approximate surface area is 222 Å². The van der Waals surface area contributed by atoms with E-state index in [9.17, 15) is 4.39 Å². The van der Waals surface area contributed by atoms with Crippen LogP contribution in [0.15, 0.2) is 97.1 Å². The van der Waals surface area contributed by atoms with Gasteiger partial charge in [-0.1, -0.05) is 78.9 Å². The minimum atomic E-state index is -0.357. The number of hydrogen-bond donors (Lipinski definition) is 1. The average molecular weight is 511 g/mol. The van der Waals surface area contributed by atoms with Gasteiger partial charge in [0.15, 0.2) is 5.82 Å². The van der Waals surface area contributed by atoms with Crippen molar-refractivity contribution in [2.45, 2.75) is 26.5 Å². The van der Waals surface area contributed by atoms with Crippen LogP contribution in [0.5, 0.6) is 5.75 Å². The number of aromatic nitrogens is 1. The SMILES string of the molecule is Cc1ccccc1-c1c(F)c2cc(OCc3ccccc3)ccc2n1Cc1ccc(CCNCCF)cc1. The highest BCUT2D eigenvalue weighted by atomic mass is 19.1. The molecule has 0 saturated carbocycles. The Kier molecular flexibility index (Phi) is 8.15. The molecule has 0 radical (unpaired) electrons. The Morgan fingerprint density at radius 2 is 1.53 bits per heavy atom. The molecule has 5 aromatic rings. The second-order valence-corrected chi connectivity index (χ2v) is 9.52. The highest BCUT2D eigenvalue weighted by Gasteiger charge is 2.21. The summed E-state index contributed by atoms with van der Waals surface area (Å²) in [7, 11) is 0. The number of fused-ring (bicyclic) bond motifs is 1. The molecule has 38 heavy (non-hydrogen) atoms. The number of benzene rings is 4. The van der Waals surface area contributed by atoms with Crippen LogP contribution < -0.4 is 10.1 Å². The third-order valence-corrected chi connectivity index (χ3v) is 6.85. The zero-order valence-electron chi connectivity index (χ0n) is 21.6. The van der Waals surface area contributed by atoms with Crippen LogP contribution in [0.4, 0.5) is 8.78 Å². The minimum absolute atomic E-state index is 0.241. The Bertz CT molecular complexity index is 1490. The zero-order valence-corrected chi connectivity index (χ0v) is 21.6. The Morgan fingerprint density at radius 3 is 2.29 bits per heavy atom. The van der Waals surface area contributed by atoms with E-state index in [1.807, 2.05) is 73.7 Å². The van der Waals surface area contributed by atoms with Gasteiger partial charge in [0.05, 0.1) is 11.2 Å². The number of alkyl halides is 1. The van der Waals surface area contributed by atoms with Crippen LogP contribution in [0, 0.1) is 12.7 Å². The monoisotopic (exact) mass is 510 g/mol. The van der Waals surface area contributed by atoms with Gasteiger partial charge in [-0.05, 0) is 60.3 Å². The van der Waals surface area contributed by atoms with Crippen LogP contribution in [0.3, 0.4) is 0 Å². The minimum Gasteiger partial charge on any atom is -0.489 e. The van der Waals surface area contributed by atoms with E-state index in [0.717, 1.165) is 40.7 Å². The van der Waals surface area contributed by atoms with Crippen LogP contribution >= 0.6 is 0 Å². The number of halogens is 2. The molecule has 194 valence electrons. The summed E-state index contributed by atoms with van der Waals surface area (Å²) in [6.07, 6.45) is 0.835. The number of rotatable bonds is 11. The van der Waals surface area contributed by atoms with Gasteiger partial charge in [0.25, 0.3) is 0 Å². The van der Waals surface area contributed by atoms with Crippen molar-refractivity contribution < 1.29 is 13.5 Å². The molecular weight excluding hydrogens is 478 g/mol. The van der Waals surface area contributed by atoms with Gasteiger partial charge < -0.3 is 14.6 Å². The summed E-state index contributed by atoms with van der Waals surface area (Å²) in [5.74, 6) is 0.398. The summed E-state index contributed by atoms with van der Waals surface area (Å²) in [4.78, 5) is 0. The van der Waals surface area contributed by atoms with Crippen molar-refractivity contribution in [3.05, 3.63) is 125 Å². The lowest BCUT2D eigenvalue weighted by atomic mass is 10.0. The van der Waals surface area contributed by atoms with E-state index in [1.54, 1.807) is 6.07 Å². The van der Waals surface area contributed by atoms with Crippen molar-refractivity contribution in [1.82, 2.24) is 9.88 Å². The predicted octanol–water partition coefficient (Wildman–Crippen LogP) is 7.48. The molecule has 3 nitrogen and oxygen atoms in total.